The molecule has 0 aliphatic heterocycles. The van der Waals surface area contributed by atoms with Gasteiger partial charge < -0.3 is 9.47 Å². The summed E-state index contributed by atoms with van der Waals surface area (Å²) in [6.07, 6.45) is 0.282. The van der Waals surface area contributed by atoms with Crippen LogP contribution in [-0.4, -0.2) is 19.3 Å². The van der Waals surface area contributed by atoms with Crippen LogP contribution in [0.3, 0.4) is 0 Å². The highest BCUT2D eigenvalue weighted by atomic mass is 16.5. The lowest BCUT2D eigenvalue weighted by Crippen LogP contribution is -2.09. The van der Waals surface area contributed by atoms with Crippen molar-refractivity contribution in [3.8, 4) is 0 Å². The normalized spacial score (nSPS) is 10.8. The van der Waals surface area contributed by atoms with E-state index in [9.17, 15) is 0 Å². The van der Waals surface area contributed by atoms with Crippen LogP contribution >= 0.6 is 0 Å². The number of hydrogen-bond acceptors (Lipinski definition) is 2. The molecule has 14 heavy (non-hydrogen) atoms. The van der Waals surface area contributed by atoms with Gasteiger partial charge in [-0.05, 0) is 25.5 Å². The molecule has 0 saturated carbocycles. The summed E-state index contributed by atoms with van der Waals surface area (Å²) in [5.41, 5.74) is 1.17. The fourth-order valence-corrected chi connectivity index (χ4v) is 1.05. The Kier molecular flexibility index (Phi) is 5.27. The molecule has 0 aliphatic rings. The average Bonchev–Trinajstić information content (AvgIpc) is 2.18. The van der Waals surface area contributed by atoms with Crippen LogP contribution in [0.15, 0.2) is 24.3 Å². The lowest BCUT2D eigenvalue weighted by atomic mass is 10.2. The number of rotatable bonds is 6. The van der Waals surface area contributed by atoms with Crippen molar-refractivity contribution in [2.24, 2.45) is 0 Å². The largest absolute Gasteiger partial charge is 0.376 e. The maximum atomic E-state index is 5.43. The molecule has 1 radical (unpaired) electrons. The van der Waals surface area contributed by atoms with Crippen molar-refractivity contribution in [2.45, 2.75) is 26.6 Å². The van der Waals surface area contributed by atoms with E-state index in [0.717, 1.165) is 0 Å². The topological polar surface area (TPSA) is 18.5 Å². The maximum absolute atomic E-state index is 5.43. The zero-order valence-corrected chi connectivity index (χ0v) is 8.82. The van der Waals surface area contributed by atoms with E-state index in [1.165, 1.54) is 5.56 Å². The van der Waals surface area contributed by atoms with Crippen molar-refractivity contribution in [3.63, 3.8) is 0 Å². The van der Waals surface area contributed by atoms with Gasteiger partial charge in [-0.25, -0.2) is 0 Å². The first-order chi connectivity index (χ1) is 6.79. The molecule has 1 aromatic rings. The van der Waals surface area contributed by atoms with E-state index in [0.29, 0.717) is 19.8 Å². The van der Waals surface area contributed by atoms with E-state index in [-0.39, 0.29) is 6.10 Å². The van der Waals surface area contributed by atoms with E-state index in [1.54, 1.807) is 0 Å². The van der Waals surface area contributed by atoms with Gasteiger partial charge in [0.15, 0.2) is 0 Å². The quantitative estimate of drug-likeness (QED) is 0.646. The number of ether oxygens (including phenoxy) is 2. The zero-order valence-electron chi connectivity index (χ0n) is 8.82. The van der Waals surface area contributed by atoms with Crippen molar-refractivity contribution in [3.05, 3.63) is 35.9 Å². The molecule has 2 heteroatoms. The summed E-state index contributed by atoms with van der Waals surface area (Å²) < 4.78 is 10.8. The Balaban J connectivity index is 2.05. The molecule has 0 spiro atoms. The SMILES string of the molecule is CC(C)OCCOCc1cc[c]cc1. The molecule has 0 aromatic heterocycles. The Hall–Kier alpha value is -0.860. The molecule has 0 unspecified atom stereocenters. The minimum absolute atomic E-state index is 0.282. The van der Waals surface area contributed by atoms with Gasteiger partial charge in [-0.1, -0.05) is 24.3 Å². The summed E-state index contributed by atoms with van der Waals surface area (Å²) in [7, 11) is 0. The Morgan fingerprint density at radius 3 is 2.57 bits per heavy atom. The van der Waals surface area contributed by atoms with Crippen LogP contribution < -0.4 is 0 Å². The van der Waals surface area contributed by atoms with E-state index >= 15 is 0 Å². The minimum atomic E-state index is 0.282. The third-order valence-electron chi connectivity index (χ3n) is 1.73. The van der Waals surface area contributed by atoms with Crippen LogP contribution in [0.2, 0.25) is 0 Å². The lowest BCUT2D eigenvalue weighted by Gasteiger charge is -2.07. The molecule has 2 nitrogen and oxygen atoms in total. The molecule has 0 saturated heterocycles. The Bertz CT molecular complexity index is 231. The van der Waals surface area contributed by atoms with Gasteiger partial charge >= 0.3 is 0 Å². The van der Waals surface area contributed by atoms with Crippen LogP contribution in [0, 0.1) is 6.07 Å². The second-order valence-corrected chi connectivity index (χ2v) is 3.38. The van der Waals surface area contributed by atoms with Crippen molar-refractivity contribution in [1.82, 2.24) is 0 Å². The second kappa shape index (κ2) is 6.57. The first-order valence-electron chi connectivity index (χ1n) is 4.93. The zero-order chi connectivity index (χ0) is 10.2. The predicted molar refractivity (Wildman–Crippen MR) is 56.0 cm³/mol. The molecule has 1 rings (SSSR count). The molecular formula is C12H17O2. The summed E-state index contributed by atoms with van der Waals surface area (Å²) >= 11 is 0. The van der Waals surface area contributed by atoms with Gasteiger partial charge in [0, 0.05) is 0 Å². The van der Waals surface area contributed by atoms with Gasteiger partial charge in [-0.3, -0.25) is 0 Å². The van der Waals surface area contributed by atoms with Gasteiger partial charge in [-0.15, -0.1) is 0 Å². The Morgan fingerprint density at radius 1 is 1.21 bits per heavy atom. The molecule has 0 amide bonds. The van der Waals surface area contributed by atoms with Gasteiger partial charge in [0.1, 0.15) is 0 Å². The highest BCUT2D eigenvalue weighted by Gasteiger charge is 1.94. The molecule has 0 fully saturated rings. The van der Waals surface area contributed by atoms with Crippen molar-refractivity contribution in [1.29, 1.82) is 0 Å². The highest BCUT2D eigenvalue weighted by molar-refractivity contribution is 5.12. The standard InChI is InChI=1S/C12H17O2/c1-11(2)14-9-8-13-10-12-6-4-3-5-7-12/h4-7,11H,8-10H2,1-2H3. The molecule has 1 aromatic carbocycles. The molecular weight excluding hydrogens is 176 g/mol. The van der Waals surface area contributed by atoms with Gasteiger partial charge in [0.05, 0.1) is 25.9 Å². The van der Waals surface area contributed by atoms with Gasteiger partial charge in [0.25, 0.3) is 0 Å². The minimum Gasteiger partial charge on any atom is -0.376 e. The highest BCUT2D eigenvalue weighted by Crippen LogP contribution is 1.99. The van der Waals surface area contributed by atoms with E-state index in [4.69, 9.17) is 9.47 Å². The third kappa shape index (κ3) is 5.00. The van der Waals surface area contributed by atoms with Crippen molar-refractivity contribution in [2.75, 3.05) is 13.2 Å². The van der Waals surface area contributed by atoms with Crippen LogP contribution in [-0.2, 0) is 16.1 Å². The first kappa shape index (κ1) is 11.2. The molecule has 0 atom stereocenters. The number of benzene rings is 1. The summed E-state index contributed by atoms with van der Waals surface area (Å²) in [4.78, 5) is 0. The molecule has 0 N–H and O–H groups in total. The maximum Gasteiger partial charge on any atom is 0.0718 e. The Labute approximate surface area is 85.8 Å². The fourth-order valence-electron chi connectivity index (χ4n) is 1.05. The summed E-state index contributed by atoms with van der Waals surface area (Å²) in [5, 5.41) is 0. The van der Waals surface area contributed by atoms with Gasteiger partial charge in [-0.2, -0.15) is 0 Å². The van der Waals surface area contributed by atoms with Crippen LogP contribution in [0.1, 0.15) is 19.4 Å². The van der Waals surface area contributed by atoms with Crippen LogP contribution in [0.25, 0.3) is 0 Å². The Morgan fingerprint density at radius 2 is 1.93 bits per heavy atom. The average molecular weight is 193 g/mol. The smallest absolute Gasteiger partial charge is 0.0718 e. The van der Waals surface area contributed by atoms with Crippen LogP contribution in [0.5, 0.6) is 0 Å². The molecule has 0 bridgehead atoms. The predicted octanol–water partition coefficient (Wildman–Crippen LogP) is 2.43. The second-order valence-electron chi connectivity index (χ2n) is 3.38. The summed E-state index contributed by atoms with van der Waals surface area (Å²) in [6, 6.07) is 10.8. The number of hydrogen-bond donors (Lipinski definition) is 0. The third-order valence-corrected chi connectivity index (χ3v) is 1.73. The fraction of sp³-hybridized carbons (Fsp3) is 0.500. The summed E-state index contributed by atoms with van der Waals surface area (Å²) in [6.45, 7) is 6.00. The van der Waals surface area contributed by atoms with E-state index in [2.05, 4.69) is 6.07 Å². The molecule has 0 heterocycles. The molecule has 0 aliphatic carbocycles. The summed E-state index contributed by atoms with van der Waals surface area (Å²) in [5.74, 6) is 0. The monoisotopic (exact) mass is 193 g/mol. The lowest BCUT2D eigenvalue weighted by molar-refractivity contribution is 0.0143. The van der Waals surface area contributed by atoms with E-state index in [1.807, 2.05) is 38.1 Å². The van der Waals surface area contributed by atoms with Crippen molar-refractivity contribution < 1.29 is 9.47 Å². The van der Waals surface area contributed by atoms with Crippen molar-refractivity contribution >= 4 is 0 Å². The van der Waals surface area contributed by atoms with E-state index < -0.39 is 0 Å². The van der Waals surface area contributed by atoms with Crippen LogP contribution in [0.4, 0.5) is 0 Å². The molecule has 77 valence electrons. The first-order valence-corrected chi connectivity index (χ1v) is 4.93. The van der Waals surface area contributed by atoms with Gasteiger partial charge in [0.2, 0.25) is 0 Å².